The fraction of sp³-hybridized carbons (Fsp3) is 1.00. The van der Waals surface area contributed by atoms with E-state index in [0.717, 1.165) is 22.6 Å². The maximum absolute atomic E-state index is 7.00. The molecule has 0 amide bonds. The molecule has 4 rings (SSSR count). The Morgan fingerprint density at radius 1 is 0.679 bits per heavy atom. The third kappa shape index (κ3) is 5.52. The highest BCUT2D eigenvalue weighted by Gasteiger charge is 2.38. The van der Waals surface area contributed by atoms with Crippen molar-refractivity contribution in [3.8, 4) is 0 Å². The van der Waals surface area contributed by atoms with Gasteiger partial charge in [0.25, 0.3) is 0 Å². The van der Waals surface area contributed by atoms with Crippen LogP contribution in [-0.4, -0.2) is 47.0 Å². The Kier molecular flexibility index (Phi) is 8.55. The number of rotatable bonds is 9. The summed E-state index contributed by atoms with van der Waals surface area (Å²) in [6.07, 6.45) is 24.1. The third-order valence-electron chi connectivity index (χ3n) is 7.98. The van der Waals surface area contributed by atoms with Crippen molar-refractivity contribution in [2.75, 3.05) is 13.6 Å². The third-order valence-corrected chi connectivity index (χ3v) is 14.5. The normalized spacial score (nSPS) is 27.3. The van der Waals surface area contributed by atoms with E-state index in [-0.39, 0.29) is 16.2 Å². The highest BCUT2D eigenvalue weighted by atomic mass is 31.1. The molecule has 0 radical (unpaired) electrons. The van der Waals surface area contributed by atoms with Gasteiger partial charge in [-0.3, -0.25) is 4.67 Å². The van der Waals surface area contributed by atoms with Gasteiger partial charge in [0.05, 0.1) is 6.10 Å². The molecule has 0 aliphatic heterocycles. The van der Waals surface area contributed by atoms with E-state index in [1.807, 2.05) is 0 Å². The lowest BCUT2D eigenvalue weighted by atomic mass is 10.4. The van der Waals surface area contributed by atoms with Crippen LogP contribution >= 0.6 is 16.2 Å². The van der Waals surface area contributed by atoms with Gasteiger partial charge in [0.15, 0.2) is 0 Å². The Morgan fingerprint density at radius 2 is 1.04 bits per heavy atom. The summed E-state index contributed by atoms with van der Waals surface area (Å²) in [5.41, 5.74) is 3.91. The van der Waals surface area contributed by atoms with E-state index >= 15 is 0 Å². The van der Waals surface area contributed by atoms with E-state index in [0.29, 0.717) is 6.10 Å². The molecule has 0 aromatic carbocycles. The van der Waals surface area contributed by atoms with Crippen molar-refractivity contribution in [3.05, 3.63) is 0 Å². The van der Waals surface area contributed by atoms with Crippen molar-refractivity contribution in [2.24, 2.45) is 0 Å². The standard InChI is InChI=1S/C24H45NOP2/c1-20(26-28(23-15-7-8-16-23)24-17-9-10-18-24)19-25(2)27(21-11-3-4-12-21)22-13-5-6-14-22/h20-24H,3-19H2,1-2H3/t20-/m0/s1. The SMILES string of the molecule is C[C@@H](CN(C)P(C1CCCC1)C1CCCC1)OP(C1CCCC1)C1CCCC1. The van der Waals surface area contributed by atoms with Crippen LogP contribution in [-0.2, 0) is 4.52 Å². The minimum Gasteiger partial charge on any atom is -0.354 e. The average Bonchev–Trinajstić information content (AvgIpc) is 3.50. The van der Waals surface area contributed by atoms with Crippen LogP contribution in [0.15, 0.2) is 0 Å². The molecule has 0 aromatic heterocycles. The van der Waals surface area contributed by atoms with Crippen LogP contribution in [0.3, 0.4) is 0 Å². The van der Waals surface area contributed by atoms with Crippen LogP contribution in [0, 0.1) is 0 Å². The molecule has 4 saturated carbocycles. The molecule has 2 nitrogen and oxygen atoms in total. The Morgan fingerprint density at radius 3 is 1.43 bits per heavy atom. The first-order chi connectivity index (χ1) is 13.7. The van der Waals surface area contributed by atoms with Crippen LogP contribution in [0.2, 0.25) is 0 Å². The van der Waals surface area contributed by atoms with Crippen LogP contribution < -0.4 is 0 Å². The second-order valence-corrected chi connectivity index (χ2v) is 15.5. The van der Waals surface area contributed by atoms with Crippen molar-refractivity contribution in [1.82, 2.24) is 4.67 Å². The quantitative estimate of drug-likeness (QED) is 0.348. The van der Waals surface area contributed by atoms with Crippen molar-refractivity contribution < 1.29 is 4.52 Å². The molecule has 0 N–H and O–H groups in total. The first-order valence-corrected chi connectivity index (χ1v) is 15.5. The minimum atomic E-state index is -0.192. The summed E-state index contributed by atoms with van der Waals surface area (Å²) in [6, 6.07) is 0. The van der Waals surface area contributed by atoms with Crippen LogP contribution in [0.4, 0.5) is 0 Å². The molecule has 0 aromatic rings. The van der Waals surface area contributed by atoms with Gasteiger partial charge in [-0.25, -0.2) is 0 Å². The predicted octanol–water partition coefficient (Wildman–Crippen LogP) is 7.89. The van der Waals surface area contributed by atoms with Gasteiger partial charge in [-0.1, -0.05) is 51.4 Å². The number of likely N-dealkylation sites (N-methyl/N-ethyl adjacent to an activating group) is 1. The summed E-state index contributed by atoms with van der Waals surface area (Å²) in [5.74, 6) is 0. The number of hydrogen-bond donors (Lipinski definition) is 0. The van der Waals surface area contributed by atoms with Gasteiger partial charge >= 0.3 is 0 Å². The van der Waals surface area contributed by atoms with Crippen molar-refractivity contribution in [1.29, 1.82) is 0 Å². The van der Waals surface area contributed by atoms with Crippen LogP contribution in [0.1, 0.15) is 110 Å². The van der Waals surface area contributed by atoms with Gasteiger partial charge in [-0.05, 0) is 84.7 Å². The molecule has 28 heavy (non-hydrogen) atoms. The lowest BCUT2D eigenvalue weighted by molar-refractivity contribution is 0.212. The van der Waals surface area contributed by atoms with Gasteiger partial charge in [-0.15, -0.1) is 0 Å². The van der Waals surface area contributed by atoms with Gasteiger partial charge in [-0.2, -0.15) is 0 Å². The topological polar surface area (TPSA) is 12.5 Å². The van der Waals surface area contributed by atoms with E-state index in [2.05, 4.69) is 18.6 Å². The molecular formula is C24H45NOP2. The van der Waals surface area contributed by atoms with E-state index in [1.165, 1.54) is 109 Å². The fourth-order valence-corrected chi connectivity index (χ4v) is 13.8. The Balaban J connectivity index is 1.36. The summed E-state index contributed by atoms with van der Waals surface area (Å²) in [6.45, 7) is 3.60. The van der Waals surface area contributed by atoms with Crippen molar-refractivity contribution >= 4 is 16.2 Å². The highest BCUT2D eigenvalue weighted by Crippen LogP contribution is 2.60. The molecule has 1 atom stereocenters. The van der Waals surface area contributed by atoms with Crippen molar-refractivity contribution in [2.45, 2.75) is 138 Å². The molecule has 0 unspecified atom stereocenters. The summed E-state index contributed by atoms with van der Waals surface area (Å²) in [5, 5.41) is 0. The number of hydrogen-bond acceptors (Lipinski definition) is 2. The van der Waals surface area contributed by atoms with Gasteiger partial charge in [0.2, 0.25) is 0 Å². The maximum Gasteiger partial charge on any atom is 0.0720 e. The molecule has 4 aliphatic carbocycles. The van der Waals surface area contributed by atoms with Crippen LogP contribution in [0.5, 0.6) is 0 Å². The summed E-state index contributed by atoms with van der Waals surface area (Å²) < 4.78 is 9.83. The van der Waals surface area contributed by atoms with Gasteiger partial charge in [0, 0.05) is 26.0 Å². The first-order valence-electron chi connectivity index (χ1n) is 12.7. The summed E-state index contributed by atoms with van der Waals surface area (Å²) >= 11 is 0. The van der Waals surface area contributed by atoms with Gasteiger partial charge < -0.3 is 4.52 Å². The zero-order valence-electron chi connectivity index (χ0n) is 18.7. The minimum absolute atomic E-state index is 0.0585. The zero-order valence-corrected chi connectivity index (χ0v) is 20.4. The molecular weight excluding hydrogens is 380 g/mol. The van der Waals surface area contributed by atoms with E-state index in [1.54, 1.807) is 0 Å². The van der Waals surface area contributed by atoms with Crippen LogP contribution in [0.25, 0.3) is 0 Å². The lowest BCUT2D eigenvalue weighted by Crippen LogP contribution is -2.31. The maximum atomic E-state index is 7.00. The Labute approximate surface area is 177 Å². The Bertz CT molecular complexity index is 420. The molecule has 4 heteroatoms. The molecule has 0 bridgehead atoms. The van der Waals surface area contributed by atoms with E-state index < -0.39 is 0 Å². The smallest absolute Gasteiger partial charge is 0.0720 e. The summed E-state index contributed by atoms with van der Waals surface area (Å²) in [4.78, 5) is 0. The molecule has 0 heterocycles. The molecule has 4 aliphatic rings. The fourth-order valence-electron chi connectivity index (χ4n) is 6.69. The van der Waals surface area contributed by atoms with E-state index in [9.17, 15) is 0 Å². The zero-order chi connectivity index (χ0) is 19.3. The number of nitrogens with zero attached hydrogens (tertiary/aromatic N) is 1. The predicted molar refractivity (Wildman–Crippen MR) is 126 cm³/mol. The average molecular weight is 426 g/mol. The second-order valence-electron chi connectivity index (χ2n) is 10.2. The van der Waals surface area contributed by atoms with Crippen molar-refractivity contribution in [3.63, 3.8) is 0 Å². The van der Waals surface area contributed by atoms with E-state index in [4.69, 9.17) is 4.52 Å². The monoisotopic (exact) mass is 425 g/mol. The highest BCUT2D eigenvalue weighted by molar-refractivity contribution is 7.56. The molecule has 0 saturated heterocycles. The Hall–Kier alpha value is 0.780. The second kappa shape index (κ2) is 10.9. The first kappa shape index (κ1) is 22.0. The van der Waals surface area contributed by atoms with Gasteiger partial charge in [0.1, 0.15) is 0 Å². The molecule has 0 spiro atoms. The summed E-state index contributed by atoms with van der Waals surface area (Å²) in [7, 11) is 2.33. The largest absolute Gasteiger partial charge is 0.354 e. The lowest BCUT2D eigenvalue weighted by Gasteiger charge is -2.40. The molecule has 162 valence electrons. The molecule has 4 fully saturated rings.